The van der Waals surface area contributed by atoms with Crippen molar-refractivity contribution in [1.29, 1.82) is 0 Å². The van der Waals surface area contributed by atoms with Crippen LogP contribution in [0.2, 0.25) is 0 Å². The number of amides is 1. The van der Waals surface area contributed by atoms with E-state index >= 15 is 0 Å². The van der Waals surface area contributed by atoms with E-state index in [0.717, 1.165) is 77.0 Å². The molecular weight excluding hydrogens is 697 g/mol. The van der Waals surface area contributed by atoms with Gasteiger partial charge in [-0.15, -0.1) is 0 Å². The van der Waals surface area contributed by atoms with Crippen molar-refractivity contribution in [1.82, 2.24) is 5.32 Å². The smallest absolute Gasteiger partial charge is 0.326 e. The lowest BCUT2D eigenvalue weighted by Crippen LogP contribution is -2.40. The van der Waals surface area contributed by atoms with E-state index in [2.05, 4.69) is 43.5 Å². The Morgan fingerprint density at radius 3 is 1.39 bits per heavy atom. The van der Waals surface area contributed by atoms with Crippen molar-refractivity contribution in [2.75, 3.05) is 6.54 Å². The highest BCUT2D eigenvalue weighted by Crippen LogP contribution is 2.19. The van der Waals surface area contributed by atoms with Crippen molar-refractivity contribution < 1.29 is 24.2 Å². The third-order valence-corrected chi connectivity index (χ3v) is 11.0. The molecular formula is C49H92N2O5. The molecule has 0 radical (unpaired) electrons. The molecule has 0 aromatic carbocycles. The molecule has 0 spiro atoms. The highest BCUT2D eigenvalue weighted by Gasteiger charge is 2.19. The fourth-order valence-corrected chi connectivity index (χ4v) is 7.36. The summed E-state index contributed by atoms with van der Waals surface area (Å²) in [6.07, 6.45) is 50.8. The number of allylic oxidation sites excluding steroid dienone is 4. The summed E-state index contributed by atoms with van der Waals surface area (Å²) < 4.78 is 6.07. The second-order valence-electron chi connectivity index (χ2n) is 16.5. The normalized spacial score (nSPS) is 12.8. The van der Waals surface area contributed by atoms with Crippen LogP contribution in [0.4, 0.5) is 0 Å². The van der Waals surface area contributed by atoms with E-state index in [0.29, 0.717) is 32.2 Å². The second kappa shape index (κ2) is 44.0. The van der Waals surface area contributed by atoms with E-state index in [-0.39, 0.29) is 18.0 Å². The molecule has 2 atom stereocenters. The standard InChI is InChI=1S/C49H92N2O5/c1-3-5-7-9-11-13-15-17-19-20-22-24-26-28-33-37-43-48(53)56-45(39-34-30-27-25-23-21-18-16-14-12-10-8-6-4-2)40-35-31-29-32-36-42-47(52)51-46(49(54)55)41-38-44-50/h13,15,19-20,45-46H,3-12,14,16-18,21-44,50H2,1-2H3,(H,51,52)(H,54,55)/b15-13-,20-19-. The molecule has 0 aliphatic carbocycles. The fraction of sp³-hybridized carbons (Fsp3) is 0.857. The monoisotopic (exact) mass is 789 g/mol. The third kappa shape index (κ3) is 40.1. The molecule has 0 aromatic heterocycles. The highest BCUT2D eigenvalue weighted by atomic mass is 16.5. The van der Waals surface area contributed by atoms with Gasteiger partial charge in [-0.25, -0.2) is 4.79 Å². The average molecular weight is 789 g/mol. The number of carboxylic acids is 1. The van der Waals surface area contributed by atoms with Crippen molar-refractivity contribution in [3.05, 3.63) is 24.3 Å². The van der Waals surface area contributed by atoms with E-state index < -0.39 is 12.0 Å². The van der Waals surface area contributed by atoms with Crippen molar-refractivity contribution >= 4 is 17.8 Å². The van der Waals surface area contributed by atoms with Gasteiger partial charge in [-0.05, 0) is 90.0 Å². The number of ether oxygens (including phenoxy) is 1. The van der Waals surface area contributed by atoms with E-state index in [1.165, 1.54) is 135 Å². The van der Waals surface area contributed by atoms with Gasteiger partial charge in [0.1, 0.15) is 12.1 Å². The first-order valence-electron chi connectivity index (χ1n) is 24.2. The van der Waals surface area contributed by atoms with Gasteiger partial charge in [-0.2, -0.15) is 0 Å². The molecule has 7 heteroatoms. The van der Waals surface area contributed by atoms with Gasteiger partial charge >= 0.3 is 11.9 Å². The van der Waals surface area contributed by atoms with Crippen LogP contribution in [0.5, 0.6) is 0 Å². The molecule has 56 heavy (non-hydrogen) atoms. The molecule has 1 amide bonds. The summed E-state index contributed by atoms with van der Waals surface area (Å²) in [6, 6.07) is -0.856. The largest absolute Gasteiger partial charge is 0.480 e. The molecule has 0 aliphatic rings. The zero-order valence-corrected chi connectivity index (χ0v) is 37.0. The predicted octanol–water partition coefficient (Wildman–Crippen LogP) is 14.0. The number of nitrogens with one attached hydrogen (secondary N) is 1. The third-order valence-electron chi connectivity index (χ3n) is 11.0. The lowest BCUT2D eigenvalue weighted by molar-refractivity contribution is -0.150. The van der Waals surface area contributed by atoms with Crippen LogP contribution in [-0.4, -0.2) is 41.6 Å². The zero-order chi connectivity index (χ0) is 41.0. The van der Waals surface area contributed by atoms with Gasteiger partial charge in [0.05, 0.1) is 0 Å². The van der Waals surface area contributed by atoms with Crippen LogP contribution in [0.25, 0.3) is 0 Å². The zero-order valence-electron chi connectivity index (χ0n) is 37.0. The molecule has 0 aromatic rings. The maximum absolute atomic E-state index is 12.8. The number of hydrogen-bond acceptors (Lipinski definition) is 5. The lowest BCUT2D eigenvalue weighted by Gasteiger charge is -2.18. The molecule has 7 nitrogen and oxygen atoms in total. The lowest BCUT2D eigenvalue weighted by atomic mass is 10.0. The van der Waals surface area contributed by atoms with Gasteiger partial charge < -0.3 is 20.9 Å². The first-order valence-corrected chi connectivity index (χ1v) is 24.2. The second-order valence-corrected chi connectivity index (χ2v) is 16.5. The minimum Gasteiger partial charge on any atom is -0.480 e. The van der Waals surface area contributed by atoms with Crippen LogP contribution in [0, 0.1) is 0 Å². The molecule has 0 aliphatic heterocycles. The molecule has 4 N–H and O–H groups in total. The Balaban J connectivity index is 4.32. The van der Waals surface area contributed by atoms with Gasteiger partial charge in [0, 0.05) is 12.8 Å². The quantitative estimate of drug-likeness (QED) is 0.0321. The summed E-state index contributed by atoms with van der Waals surface area (Å²) in [6.45, 7) is 4.95. The van der Waals surface area contributed by atoms with Crippen LogP contribution < -0.4 is 11.1 Å². The van der Waals surface area contributed by atoms with E-state index in [1.807, 2.05) is 0 Å². The summed E-state index contributed by atoms with van der Waals surface area (Å²) >= 11 is 0. The van der Waals surface area contributed by atoms with E-state index in [9.17, 15) is 19.5 Å². The number of carboxylic acid groups (broad SMARTS) is 1. The molecule has 0 saturated carbocycles. The number of nitrogens with two attached hydrogens (primary N) is 1. The number of carbonyl (C=O) groups is 3. The summed E-state index contributed by atoms with van der Waals surface area (Å²) in [5.74, 6) is -1.23. The van der Waals surface area contributed by atoms with Crippen LogP contribution in [0.15, 0.2) is 24.3 Å². The summed E-state index contributed by atoms with van der Waals surface area (Å²) in [4.78, 5) is 36.5. The summed E-state index contributed by atoms with van der Waals surface area (Å²) in [7, 11) is 0. The van der Waals surface area contributed by atoms with E-state index in [1.54, 1.807) is 0 Å². The highest BCUT2D eigenvalue weighted by molar-refractivity contribution is 5.83. The number of carbonyl (C=O) groups excluding carboxylic acids is 2. The Morgan fingerprint density at radius 1 is 0.518 bits per heavy atom. The SMILES string of the molecule is CCCCCC/C=C\C/C=C\CCCCCCCC(=O)OC(CCCCCCCCCCCCCCCC)CCCCCCCC(=O)NC(CCCN)C(=O)O. The maximum atomic E-state index is 12.8. The van der Waals surface area contributed by atoms with Crippen LogP contribution >= 0.6 is 0 Å². The number of esters is 1. The Labute approximate surface area is 346 Å². The van der Waals surface area contributed by atoms with Gasteiger partial charge in [-0.1, -0.05) is 179 Å². The van der Waals surface area contributed by atoms with Crippen molar-refractivity contribution in [3.8, 4) is 0 Å². The molecule has 0 fully saturated rings. The Bertz CT molecular complexity index is 935. The number of unbranched alkanes of at least 4 members (excludes halogenated alkanes) is 26. The van der Waals surface area contributed by atoms with Crippen molar-refractivity contribution in [2.45, 2.75) is 264 Å². The van der Waals surface area contributed by atoms with Gasteiger partial charge in [0.25, 0.3) is 0 Å². The van der Waals surface area contributed by atoms with Gasteiger partial charge in [0.2, 0.25) is 5.91 Å². The minimum atomic E-state index is -1.00. The van der Waals surface area contributed by atoms with Crippen LogP contribution in [0.1, 0.15) is 251 Å². The van der Waals surface area contributed by atoms with Gasteiger partial charge in [0.15, 0.2) is 0 Å². The first-order chi connectivity index (χ1) is 27.4. The summed E-state index contributed by atoms with van der Waals surface area (Å²) in [5, 5.41) is 12.0. The predicted molar refractivity (Wildman–Crippen MR) is 239 cm³/mol. The van der Waals surface area contributed by atoms with Crippen molar-refractivity contribution in [3.63, 3.8) is 0 Å². The Hall–Kier alpha value is -2.15. The van der Waals surface area contributed by atoms with E-state index in [4.69, 9.17) is 10.5 Å². The van der Waals surface area contributed by atoms with Crippen LogP contribution in [0.3, 0.4) is 0 Å². The number of rotatable bonds is 44. The topological polar surface area (TPSA) is 119 Å². The number of aliphatic carboxylic acids is 1. The number of hydrogen-bond donors (Lipinski definition) is 3. The molecule has 0 bridgehead atoms. The fourth-order valence-electron chi connectivity index (χ4n) is 7.36. The molecule has 0 saturated heterocycles. The van der Waals surface area contributed by atoms with Crippen LogP contribution in [-0.2, 0) is 19.1 Å². The molecule has 0 heterocycles. The summed E-state index contributed by atoms with van der Waals surface area (Å²) in [5.41, 5.74) is 5.49. The minimum absolute atomic E-state index is 0.00904. The molecule has 0 rings (SSSR count). The Morgan fingerprint density at radius 2 is 0.929 bits per heavy atom. The van der Waals surface area contributed by atoms with Gasteiger partial charge in [-0.3, -0.25) is 9.59 Å². The molecule has 2 unspecified atom stereocenters. The Kier molecular flexibility index (Phi) is 42.3. The average Bonchev–Trinajstić information content (AvgIpc) is 3.18. The molecule has 328 valence electrons. The first kappa shape index (κ1) is 53.9. The maximum Gasteiger partial charge on any atom is 0.326 e. The van der Waals surface area contributed by atoms with Crippen molar-refractivity contribution in [2.24, 2.45) is 5.73 Å².